The first kappa shape index (κ1) is 17.8. The lowest BCUT2D eigenvalue weighted by Gasteiger charge is -2.33. The average Bonchev–Trinajstić information content (AvgIpc) is 3.32. The number of likely N-dealkylation sites (tertiary alicyclic amines) is 1. The molecule has 0 unspecified atom stereocenters. The summed E-state index contributed by atoms with van der Waals surface area (Å²) < 4.78 is 2.24. The highest BCUT2D eigenvalue weighted by atomic mass is 32.2. The highest BCUT2D eigenvalue weighted by Crippen LogP contribution is 2.42. The van der Waals surface area contributed by atoms with Gasteiger partial charge in [-0.1, -0.05) is 30.0 Å². The number of thioether (sulfide) groups is 1. The third kappa shape index (κ3) is 3.21. The summed E-state index contributed by atoms with van der Waals surface area (Å²) in [7, 11) is 0. The first-order valence-corrected chi connectivity index (χ1v) is 11.1. The Morgan fingerprint density at radius 3 is 2.89 bits per heavy atom. The predicted molar refractivity (Wildman–Crippen MR) is 111 cm³/mol. The number of nitrogens with one attached hydrogen (secondary N) is 1. The maximum atomic E-state index is 12.7. The molecule has 0 radical (unpaired) electrons. The van der Waals surface area contributed by atoms with Crippen LogP contribution < -0.4 is 0 Å². The number of benzene rings is 1. The lowest BCUT2D eigenvalue weighted by atomic mass is 10.0. The molecule has 3 heterocycles. The monoisotopic (exact) mass is 395 g/mol. The molecular formula is C21H25N5OS. The van der Waals surface area contributed by atoms with Gasteiger partial charge in [-0.05, 0) is 45.1 Å². The molecule has 1 N–H and O–H groups in total. The SMILES string of the molecule is C[C@@H]1CCCCN1C(=O)CSc1nnc(-c2c[nH]c3ccccc23)n1C1CC1. The van der Waals surface area contributed by atoms with Crippen LogP contribution in [-0.4, -0.2) is 48.9 Å². The van der Waals surface area contributed by atoms with E-state index in [1.165, 1.54) is 18.2 Å². The summed E-state index contributed by atoms with van der Waals surface area (Å²) in [5, 5.41) is 11.0. The third-order valence-electron chi connectivity index (χ3n) is 5.85. The number of piperidine rings is 1. The van der Waals surface area contributed by atoms with Crippen molar-refractivity contribution in [2.75, 3.05) is 12.3 Å². The minimum absolute atomic E-state index is 0.219. The summed E-state index contributed by atoms with van der Waals surface area (Å²) >= 11 is 1.53. The molecule has 1 saturated heterocycles. The Balaban J connectivity index is 1.40. The fourth-order valence-corrected chi connectivity index (χ4v) is 5.05. The van der Waals surface area contributed by atoms with E-state index in [-0.39, 0.29) is 5.91 Å². The van der Waals surface area contributed by atoms with Crippen LogP contribution in [0, 0.1) is 0 Å². The molecule has 7 heteroatoms. The molecule has 146 valence electrons. The van der Waals surface area contributed by atoms with E-state index < -0.39 is 0 Å². The molecule has 3 aromatic rings. The Morgan fingerprint density at radius 2 is 2.07 bits per heavy atom. The molecule has 1 saturated carbocycles. The van der Waals surface area contributed by atoms with Crippen molar-refractivity contribution in [1.29, 1.82) is 0 Å². The molecule has 0 spiro atoms. The fourth-order valence-electron chi connectivity index (χ4n) is 4.16. The smallest absolute Gasteiger partial charge is 0.233 e. The molecule has 0 bridgehead atoms. The van der Waals surface area contributed by atoms with Gasteiger partial charge in [-0.2, -0.15) is 0 Å². The van der Waals surface area contributed by atoms with Gasteiger partial charge in [0.1, 0.15) is 0 Å². The maximum absolute atomic E-state index is 12.7. The summed E-state index contributed by atoms with van der Waals surface area (Å²) in [5.41, 5.74) is 2.18. The second-order valence-corrected chi connectivity index (χ2v) is 8.82. The van der Waals surface area contributed by atoms with Crippen LogP contribution in [0.5, 0.6) is 0 Å². The summed E-state index contributed by atoms with van der Waals surface area (Å²) in [6.45, 7) is 3.04. The van der Waals surface area contributed by atoms with Gasteiger partial charge < -0.3 is 9.88 Å². The van der Waals surface area contributed by atoms with Crippen LogP contribution in [-0.2, 0) is 4.79 Å². The lowest BCUT2D eigenvalue weighted by molar-refractivity contribution is -0.131. The first-order valence-electron chi connectivity index (χ1n) is 10.2. The van der Waals surface area contributed by atoms with Gasteiger partial charge in [0.05, 0.1) is 5.75 Å². The minimum atomic E-state index is 0.219. The number of nitrogens with zero attached hydrogens (tertiary/aromatic N) is 4. The number of aromatic amines is 1. The predicted octanol–water partition coefficient (Wildman–Crippen LogP) is 4.25. The molecule has 28 heavy (non-hydrogen) atoms. The van der Waals surface area contributed by atoms with Crippen molar-refractivity contribution in [1.82, 2.24) is 24.6 Å². The van der Waals surface area contributed by atoms with Gasteiger partial charge >= 0.3 is 0 Å². The number of carbonyl (C=O) groups excluding carboxylic acids is 1. The molecular weight excluding hydrogens is 370 g/mol. The molecule has 1 atom stereocenters. The van der Waals surface area contributed by atoms with E-state index in [2.05, 4.69) is 38.8 Å². The molecule has 1 amide bonds. The summed E-state index contributed by atoms with van der Waals surface area (Å²) in [6, 6.07) is 9.07. The summed E-state index contributed by atoms with van der Waals surface area (Å²) in [6.07, 6.45) is 7.77. The van der Waals surface area contributed by atoms with Gasteiger partial charge in [0.15, 0.2) is 11.0 Å². The second kappa shape index (κ2) is 7.28. The van der Waals surface area contributed by atoms with Crippen LogP contribution in [0.3, 0.4) is 0 Å². The van der Waals surface area contributed by atoms with Gasteiger partial charge in [0.2, 0.25) is 5.91 Å². The number of amides is 1. The van der Waals surface area contributed by atoms with Gasteiger partial charge in [-0.25, -0.2) is 0 Å². The number of aromatic nitrogens is 4. The molecule has 1 aliphatic carbocycles. The maximum Gasteiger partial charge on any atom is 0.233 e. The molecule has 2 aliphatic rings. The van der Waals surface area contributed by atoms with Gasteiger partial charge in [0, 0.05) is 41.3 Å². The third-order valence-corrected chi connectivity index (χ3v) is 6.78. The lowest BCUT2D eigenvalue weighted by Crippen LogP contribution is -2.43. The number of H-pyrrole nitrogens is 1. The van der Waals surface area contributed by atoms with Crippen molar-refractivity contribution >= 4 is 28.6 Å². The van der Waals surface area contributed by atoms with E-state index in [0.29, 0.717) is 17.8 Å². The van der Waals surface area contributed by atoms with Crippen molar-refractivity contribution in [2.24, 2.45) is 0 Å². The Hall–Kier alpha value is -2.28. The van der Waals surface area contributed by atoms with Gasteiger partial charge in [0.25, 0.3) is 0 Å². The van der Waals surface area contributed by atoms with Crippen molar-refractivity contribution in [3.8, 4) is 11.4 Å². The van der Waals surface area contributed by atoms with Crippen molar-refractivity contribution in [2.45, 2.75) is 56.3 Å². The number of carbonyl (C=O) groups is 1. The van der Waals surface area contributed by atoms with Gasteiger partial charge in [-0.15, -0.1) is 10.2 Å². The van der Waals surface area contributed by atoms with E-state index in [0.717, 1.165) is 59.7 Å². The molecule has 1 aromatic carbocycles. The standard InChI is InChI=1S/C21H25N5OS/c1-14-6-4-5-11-25(14)19(27)13-28-21-24-23-20(26(21)15-9-10-15)17-12-22-18-8-3-2-7-16(17)18/h2-3,7-8,12,14-15,22H,4-6,9-11,13H2,1H3/t14-/m1/s1. The Bertz CT molecular complexity index is 1010. The van der Waals surface area contributed by atoms with Crippen LogP contribution in [0.4, 0.5) is 0 Å². The van der Waals surface area contributed by atoms with Crippen LogP contribution in [0.15, 0.2) is 35.6 Å². The molecule has 2 aromatic heterocycles. The Labute approximate surface area is 168 Å². The number of fused-ring (bicyclic) bond motifs is 1. The molecule has 1 aliphatic heterocycles. The Kier molecular flexibility index (Phi) is 4.62. The van der Waals surface area contributed by atoms with E-state index in [4.69, 9.17) is 0 Å². The summed E-state index contributed by atoms with van der Waals surface area (Å²) in [5.74, 6) is 1.56. The topological polar surface area (TPSA) is 66.8 Å². The zero-order chi connectivity index (χ0) is 19.1. The van der Waals surface area contributed by atoms with Crippen molar-refractivity contribution in [3.05, 3.63) is 30.5 Å². The van der Waals surface area contributed by atoms with Crippen LogP contribution in [0.2, 0.25) is 0 Å². The minimum Gasteiger partial charge on any atom is -0.360 e. The highest BCUT2D eigenvalue weighted by Gasteiger charge is 2.31. The quantitative estimate of drug-likeness (QED) is 0.656. The summed E-state index contributed by atoms with van der Waals surface area (Å²) in [4.78, 5) is 18.1. The average molecular weight is 396 g/mol. The normalized spacial score (nSPS) is 20.0. The number of hydrogen-bond donors (Lipinski definition) is 1. The van der Waals surface area contributed by atoms with E-state index in [1.54, 1.807) is 0 Å². The molecule has 2 fully saturated rings. The molecule has 5 rings (SSSR count). The number of hydrogen-bond acceptors (Lipinski definition) is 4. The van der Waals surface area contributed by atoms with E-state index in [9.17, 15) is 4.79 Å². The largest absolute Gasteiger partial charge is 0.360 e. The molecule has 6 nitrogen and oxygen atoms in total. The zero-order valence-corrected chi connectivity index (χ0v) is 16.9. The highest BCUT2D eigenvalue weighted by molar-refractivity contribution is 7.99. The van der Waals surface area contributed by atoms with E-state index in [1.807, 2.05) is 23.2 Å². The Morgan fingerprint density at radius 1 is 1.21 bits per heavy atom. The fraction of sp³-hybridized carbons (Fsp3) is 0.476. The number of para-hydroxylation sites is 1. The van der Waals surface area contributed by atoms with E-state index >= 15 is 0 Å². The van der Waals surface area contributed by atoms with Crippen LogP contribution in [0.25, 0.3) is 22.3 Å². The number of rotatable bonds is 5. The van der Waals surface area contributed by atoms with Crippen molar-refractivity contribution in [3.63, 3.8) is 0 Å². The first-order chi connectivity index (χ1) is 13.7. The van der Waals surface area contributed by atoms with Gasteiger partial charge in [-0.3, -0.25) is 9.36 Å². The van der Waals surface area contributed by atoms with Crippen molar-refractivity contribution < 1.29 is 4.79 Å². The van der Waals surface area contributed by atoms with Crippen LogP contribution in [0.1, 0.15) is 45.1 Å². The second-order valence-electron chi connectivity index (χ2n) is 7.88. The van der Waals surface area contributed by atoms with Crippen LogP contribution >= 0.6 is 11.8 Å². The zero-order valence-electron chi connectivity index (χ0n) is 16.1.